The van der Waals surface area contributed by atoms with E-state index in [0.717, 1.165) is 47.8 Å². The van der Waals surface area contributed by atoms with Crippen LogP contribution in [0.4, 0.5) is 5.82 Å². The van der Waals surface area contributed by atoms with Gasteiger partial charge in [0.05, 0.1) is 11.3 Å². The standard InChI is InChI=1S/C23H23N5OS/c24-14-19-18-8-4-5-9-20(18)28(17-6-2-1-3-7-17)22(19)26-21(29)15-30-23-25-12-13-27(23)16-10-11-16/h1-3,6-7,12-13,16H,4-5,8-11,15H2,(H,26,29). The summed E-state index contributed by atoms with van der Waals surface area (Å²) < 4.78 is 4.23. The number of imidazole rings is 1. The number of para-hydroxylation sites is 1. The van der Waals surface area contributed by atoms with E-state index >= 15 is 0 Å². The lowest BCUT2D eigenvalue weighted by atomic mass is 9.95. The van der Waals surface area contributed by atoms with Crippen molar-refractivity contribution in [3.05, 3.63) is 59.5 Å². The van der Waals surface area contributed by atoms with Crippen LogP contribution in [0, 0.1) is 11.3 Å². The molecule has 0 bridgehead atoms. The lowest BCUT2D eigenvalue weighted by Crippen LogP contribution is -2.18. The summed E-state index contributed by atoms with van der Waals surface area (Å²) in [5.41, 5.74) is 3.81. The van der Waals surface area contributed by atoms with Crippen LogP contribution in [-0.2, 0) is 17.6 Å². The minimum absolute atomic E-state index is 0.117. The lowest BCUT2D eigenvalue weighted by Gasteiger charge is -2.17. The quantitative estimate of drug-likeness (QED) is 0.600. The van der Waals surface area contributed by atoms with Crippen molar-refractivity contribution in [2.45, 2.75) is 49.7 Å². The summed E-state index contributed by atoms with van der Waals surface area (Å²) in [7, 11) is 0. The number of nitrogens with one attached hydrogen (secondary N) is 1. The van der Waals surface area contributed by atoms with Crippen molar-refractivity contribution in [2.24, 2.45) is 0 Å². The van der Waals surface area contributed by atoms with Gasteiger partial charge in [-0.05, 0) is 56.2 Å². The summed E-state index contributed by atoms with van der Waals surface area (Å²) in [5, 5.41) is 13.8. The van der Waals surface area contributed by atoms with Crippen LogP contribution >= 0.6 is 11.8 Å². The molecule has 1 aromatic carbocycles. The first-order chi connectivity index (χ1) is 14.8. The van der Waals surface area contributed by atoms with Gasteiger partial charge in [-0.1, -0.05) is 30.0 Å². The largest absolute Gasteiger partial charge is 0.323 e. The van der Waals surface area contributed by atoms with Gasteiger partial charge in [0.2, 0.25) is 5.91 Å². The molecule has 2 heterocycles. The van der Waals surface area contributed by atoms with Crippen LogP contribution in [0.15, 0.2) is 47.9 Å². The molecule has 3 aromatic rings. The van der Waals surface area contributed by atoms with Crippen LogP contribution in [-0.4, -0.2) is 25.8 Å². The van der Waals surface area contributed by atoms with Gasteiger partial charge in [-0.2, -0.15) is 5.26 Å². The Morgan fingerprint density at radius 2 is 2.03 bits per heavy atom. The maximum atomic E-state index is 12.9. The molecular formula is C23H23N5OS. The molecule has 152 valence electrons. The Bertz CT molecular complexity index is 1120. The minimum atomic E-state index is -0.117. The van der Waals surface area contributed by atoms with E-state index in [4.69, 9.17) is 0 Å². The second kappa shape index (κ2) is 8.04. The third kappa shape index (κ3) is 3.52. The fourth-order valence-electron chi connectivity index (χ4n) is 4.24. The normalized spacial score (nSPS) is 15.4. The first-order valence-corrected chi connectivity index (χ1v) is 11.4. The average molecular weight is 418 g/mol. The zero-order chi connectivity index (χ0) is 20.5. The van der Waals surface area contributed by atoms with E-state index in [1.807, 2.05) is 36.5 Å². The van der Waals surface area contributed by atoms with Crippen LogP contribution in [0.5, 0.6) is 0 Å². The van der Waals surface area contributed by atoms with Gasteiger partial charge in [-0.15, -0.1) is 0 Å². The van der Waals surface area contributed by atoms with E-state index in [0.29, 0.717) is 17.4 Å². The molecular weight excluding hydrogens is 394 g/mol. The summed E-state index contributed by atoms with van der Waals surface area (Å²) >= 11 is 1.45. The van der Waals surface area contributed by atoms with Gasteiger partial charge in [-0.3, -0.25) is 9.36 Å². The molecule has 1 saturated carbocycles. The molecule has 30 heavy (non-hydrogen) atoms. The van der Waals surface area contributed by atoms with Gasteiger partial charge in [-0.25, -0.2) is 4.98 Å². The molecule has 2 aromatic heterocycles. The number of aromatic nitrogens is 3. The van der Waals surface area contributed by atoms with Crippen molar-refractivity contribution in [2.75, 3.05) is 11.1 Å². The average Bonchev–Trinajstić information content (AvgIpc) is 3.43. The van der Waals surface area contributed by atoms with Crippen molar-refractivity contribution >= 4 is 23.5 Å². The molecule has 7 heteroatoms. The van der Waals surface area contributed by atoms with Gasteiger partial charge in [0.1, 0.15) is 11.9 Å². The molecule has 0 radical (unpaired) electrons. The number of amides is 1. The van der Waals surface area contributed by atoms with Crippen LogP contribution in [0.3, 0.4) is 0 Å². The summed E-state index contributed by atoms with van der Waals surface area (Å²) in [6.07, 6.45) is 10.1. The summed E-state index contributed by atoms with van der Waals surface area (Å²) in [6.45, 7) is 0. The number of hydrogen-bond acceptors (Lipinski definition) is 4. The Kier molecular flexibility index (Phi) is 5.09. The van der Waals surface area contributed by atoms with Crippen LogP contribution in [0.25, 0.3) is 5.69 Å². The fraction of sp³-hybridized carbons (Fsp3) is 0.348. The number of nitriles is 1. The van der Waals surface area contributed by atoms with Crippen LogP contribution in [0.1, 0.15) is 48.5 Å². The molecule has 2 aliphatic carbocycles. The molecule has 0 unspecified atom stereocenters. The van der Waals surface area contributed by atoms with Crippen LogP contribution < -0.4 is 5.32 Å². The maximum Gasteiger partial charge on any atom is 0.236 e. The Labute approximate surface area is 179 Å². The first kappa shape index (κ1) is 19.0. The van der Waals surface area contributed by atoms with E-state index < -0.39 is 0 Å². The highest BCUT2D eigenvalue weighted by atomic mass is 32.2. The number of thioether (sulfide) groups is 1. The van der Waals surface area contributed by atoms with E-state index in [-0.39, 0.29) is 11.7 Å². The molecule has 0 aliphatic heterocycles. The van der Waals surface area contributed by atoms with E-state index in [9.17, 15) is 10.1 Å². The smallest absolute Gasteiger partial charge is 0.236 e. The number of carbonyl (C=O) groups excluding carboxylic acids is 1. The van der Waals surface area contributed by atoms with Gasteiger partial charge in [0.15, 0.2) is 5.16 Å². The predicted molar refractivity (Wildman–Crippen MR) is 117 cm³/mol. The zero-order valence-corrected chi connectivity index (χ0v) is 17.5. The van der Waals surface area contributed by atoms with Gasteiger partial charge in [0, 0.05) is 29.8 Å². The Balaban J connectivity index is 1.43. The zero-order valence-electron chi connectivity index (χ0n) is 16.7. The SMILES string of the molecule is N#Cc1c2c(n(-c3ccccc3)c1NC(=O)CSc1nccn1C1CC1)CCCC2. The van der Waals surface area contributed by atoms with Crippen LogP contribution in [0.2, 0.25) is 0 Å². The van der Waals surface area contributed by atoms with E-state index in [1.54, 1.807) is 6.20 Å². The van der Waals surface area contributed by atoms with Crippen molar-refractivity contribution in [1.82, 2.24) is 14.1 Å². The number of hydrogen-bond donors (Lipinski definition) is 1. The van der Waals surface area contributed by atoms with Crippen molar-refractivity contribution in [1.29, 1.82) is 5.26 Å². The van der Waals surface area contributed by atoms with E-state index in [2.05, 4.69) is 25.5 Å². The number of rotatable bonds is 6. The highest BCUT2D eigenvalue weighted by molar-refractivity contribution is 7.99. The number of anilines is 1. The summed E-state index contributed by atoms with van der Waals surface area (Å²) in [4.78, 5) is 17.3. The maximum absolute atomic E-state index is 12.9. The molecule has 0 atom stereocenters. The number of benzene rings is 1. The predicted octanol–water partition coefficient (Wildman–Crippen LogP) is 4.49. The third-order valence-corrected chi connectivity index (χ3v) is 6.74. The molecule has 0 spiro atoms. The Morgan fingerprint density at radius 3 is 2.80 bits per heavy atom. The lowest BCUT2D eigenvalue weighted by molar-refractivity contribution is -0.113. The Morgan fingerprint density at radius 1 is 1.23 bits per heavy atom. The fourth-order valence-corrected chi connectivity index (χ4v) is 5.06. The monoisotopic (exact) mass is 417 g/mol. The topological polar surface area (TPSA) is 75.6 Å². The Hall–Kier alpha value is -2.98. The number of fused-ring (bicyclic) bond motifs is 1. The molecule has 5 rings (SSSR count). The first-order valence-electron chi connectivity index (χ1n) is 10.4. The second-order valence-corrected chi connectivity index (χ2v) is 8.77. The number of nitrogens with zero attached hydrogens (tertiary/aromatic N) is 4. The third-order valence-electron chi connectivity index (χ3n) is 5.76. The number of carbonyl (C=O) groups is 1. The molecule has 0 saturated heterocycles. The van der Waals surface area contributed by atoms with Crippen molar-refractivity contribution in [3.8, 4) is 11.8 Å². The molecule has 2 aliphatic rings. The van der Waals surface area contributed by atoms with E-state index in [1.165, 1.54) is 24.6 Å². The highest BCUT2D eigenvalue weighted by Gasteiger charge is 2.28. The summed E-state index contributed by atoms with van der Waals surface area (Å²) in [6, 6.07) is 12.9. The molecule has 1 N–H and O–H groups in total. The van der Waals surface area contributed by atoms with Gasteiger partial charge in [0.25, 0.3) is 0 Å². The van der Waals surface area contributed by atoms with Crippen molar-refractivity contribution in [3.63, 3.8) is 0 Å². The van der Waals surface area contributed by atoms with Crippen molar-refractivity contribution < 1.29 is 4.79 Å². The highest BCUT2D eigenvalue weighted by Crippen LogP contribution is 2.38. The summed E-state index contributed by atoms with van der Waals surface area (Å²) in [5.74, 6) is 0.750. The molecule has 1 amide bonds. The molecule has 6 nitrogen and oxygen atoms in total. The molecule has 1 fully saturated rings. The second-order valence-electron chi connectivity index (χ2n) is 7.82. The van der Waals surface area contributed by atoms with Gasteiger partial charge < -0.3 is 9.88 Å². The van der Waals surface area contributed by atoms with Gasteiger partial charge >= 0.3 is 0 Å². The minimum Gasteiger partial charge on any atom is -0.323 e.